The molecule has 0 aliphatic heterocycles. The largest absolute Gasteiger partial charge is 0.467 e. The van der Waals surface area contributed by atoms with Crippen LogP contribution in [0.1, 0.15) is 5.56 Å². The number of rotatable bonds is 3. The van der Waals surface area contributed by atoms with E-state index in [4.69, 9.17) is 10.5 Å². The maximum Gasteiger partial charge on any atom is 0.316 e. The molecule has 0 saturated heterocycles. The zero-order valence-electron chi connectivity index (χ0n) is 9.35. The second-order valence-corrected chi connectivity index (χ2v) is 3.48. The van der Waals surface area contributed by atoms with E-state index >= 15 is 0 Å². The summed E-state index contributed by atoms with van der Waals surface area (Å²) in [5.74, 6) is -0.332. The highest BCUT2D eigenvalue weighted by Crippen LogP contribution is 2.22. The Hall–Kier alpha value is -2.01. The van der Waals surface area contributed by atoms with Crippen molar-refractivity contribution in [1.29, 1.82) is 0 Å². The van der Waals surface area contributed by atoms with Gasteiger partial charge in [-0.15, -0.1) is 0 Å². The molecule has 0 atom stereocenters. The van der Waals surface area contributed by atoms with Crippen molar-refractivity contribution >= 4 is 0 Å². The molecule has 88 valence electrons. The second-order valence-electron chi connectivity index (χ2n) is 3.48. The Labute approximate surface area is 98.3 Å². The minimum atomic E-state index is -0.332. The summed E-state index contributed by atoms with van der Waals surface area (Å²) in [6.45, 7) is 0.316. The molecular formula is C12H12FN3O. The van der Waals surface area contributed by atoms with Gasteiger partial charge in [0, 0.05) is 30.1 Å². The van der Waals surface area contributed by atoms with Crippen molar-refractivity contribution in [2.75, 3.05) is 7.11 Å². The summed E-state index contributed by atoms with van der Waals surface area (Å²) in [6.07, 6.45) is 3.04. The van der Waals surface area contributed by atoms with Crippen LogP contribution in [0, 0.1) is 5.82 Å². The fourth-order valence-corrected chi connectivity index (χ4v) is 1.48. The Morgan fingerprint density at radius 1 is 1.29 bits per heavy atom. The van der Waals surface area contributed by atoms with E-state index in [1.54, 1.807) is 12.1 Å². The number of aromatic nitrogens is 2. The summed E-state index contributed by atoms with van der Waals surface area (Å²) in [7, 11) is 1.48. The van der Waals surface area contributed by atoms with Crippen LogP contribution < -0.4 is 10.5 Å². The van der Waals surface area contributed by atoms with Crippen molar-refractivity contribution < 1.29 is 9.13 Å². The van der Waals surface area contributed by atoms with Gasteiger partial charge in [0.2, 0.25) is 0 Å². The lowest BCUT2D eigenvalue weighted by molar-refractivity contribution is 0.380. The molecular weight excluding hydrogens is 221 g/mol. The van der Waals surface area contributed by atoms with Gasteiger partial charge in [-0.05, 0) is 11.6 Å². The van der Waals surface area contributed by atoms with Crippen LogP contribution in [0.3, 0.4) is 0 Å². The van der Waals surface area contributed by atoms with Crippen LogP contribution in [0.15, 0.2) is 30.6 Å². The summed E-state index contributed by atoms with van der Waals surface area (Å²) >= 11 is 0. The molecule has 0 unspecified atom stereocenters. The topological polar surface area (TPSA) is 61.0 Å². The Bertz CT molecular complexity index is 514. The van der Waals surface area contributed by atoms with E-state index in [9.17, 15) is 4.39 Å². The first kappa shape index (κ1) is 11.5. The van der Waals surface area contributed by atoms with Crippen molar-refractivity contribution in [2.24, 2.45) is 5.73 Å². The number of nitrogens with two attached hydrogens (primary N) is 1. The summed E-state index contributed by atoms with van der Waals surface area (Å²) in [4.78, 5) is 7.87. The van der Waals surface area contributed by atoms with Crippen molar-refractivity contribution in [3.05, 3.63) is 42.0 Å². The van der Waals surface area contributed by atoms with E-state index in [2.05, 4.69) is 9.97 Å². The van der Waals surface area contributed by atoms with Gasteiger partial charge in [0.25, 0.3) is 0 Å². The normalized spacial score (nSPS) is 10.3. The zero-order chi connectivity index (χ0) is 12.3. The van der Waals surface area contributed by atoms with Gasteiger partial charge >= 0.3 is 6.01 Å². The minimum absolute atomic E-state index is 0.257. The number of ether oxygens (including phenoxy) is 1. The molecule has 0 saturated carbocycles. The quantitative estimate of drug-likeness (QED) is 0.877. The molecule has 2 rings (SSSR count). The zero-order valence-corrected chi connectivity index (χ0v) is 9.35. The maximum absolute atomic E-state index is 13.8. The van der Waals surface area contributed by atoms with Gasteiger partial charge in [-0.2, -0.15) is 0 Å². The number of hydrogen-bond acceptors (Lipinski definition) is 4. The minimum Gasteiger partial charge on any atom is -0.467 e. The summed E-state index contributed by atoms with van der Waals surface area (Å²) in [5, 5.41) is 0. The molecule has 2 N–H and O–H groups in total. The third kappa shape index (κ3) is 2.39. The van der Waals surface area contributed by atoms with Gasteiger partial charge in [0.05, 0.1) is 7.11 Å². The lowest BCUT2D eigenvalue weighted by Gasteiger charge is -2.05. The van der Waals surface area contributed by atoms with E-state index in [-0.39, 0.29) is 11.8 Å². The average Bonchev–Trinajstić information content (AvgIpc) is 2.39. The molecule has 17 heavy (non-hydrogen) atoms. The molecule has 0 fully saturated rings. The molecule has 5 heteroatoms. The average molecular weight is 233 g/mol. The van der Waals surface area contributed by atoms with Gasteiger partial charge in [0.15, 0.2) is 0 Å². The van der Waals surface area contributed by atoms with E-state index in [0.29, 0.717) is 17.7 Å². The highest BCUT2D eigenvalue weighted by molar-refractivity contribution is 5.62. The monoisotopic (exact) mass is 233 g/mol. The number of methoxy groups -OCH3 is 1. The van der Waals surface area contributed by atoms with Gasteiger partial charge in [0.1, 0.15) is 5.82 Å². The van der Waals surface area contributed by atoms with E-state index < -0.39 is 0 Å². The highest BCUT2D eigenvalue weighted by atomic mass is 19.1. The molecule has 0 aliphatic rings. The molecule has 0 spiro atoms. The summed E-state index contributed by atoms with van der Waals surface area (Å²) < 4.78 is 18.6. The van der Waals surface area contributed by atoms with Crippen LogP contribution in [0.2, 0.25) is 0 Å². The van der Waals surface area contributed by atoms with Crippen LogP contribution in [-0.2, 0) is 6.54 Å². The molecule has 2 aromatic rings. The molecule has 0 amide bonds. The van der Waals surface area contributed by atoms with Crippen LogP contribution in [0.4, 0.5) is 4.39 Å². The Morgan fingerprint density at radius 2 is 2.00 bits per heavy atom. The van der Waals surface area contributed by atoms with Crippen LogP contribution in [0.25, 0.3) is 11.1 Å². The molecule has 1 aromatic carbocycles. The third-order valence-electron chi connectivity index (χ3n) is 2.39. The van der Waals surface area contributed by atoms with Gasteiger partial charge < -0.3 is 10.5 Å². The molecule has 0 radical (unpaired) electrons. The fraction of sp³-hybridized carbons (Fsp3) is 0.167. The smallest absolute Gasteiger partial charge is 0.316 e. The Kier molecular flexibility index (Phi) is 3.30. The number of benzene rings is 1. The van der Waals surface area contributed by atoms with Gasteiger partial charge in [-0.1, -0.05) is 12.1 Å². The number of nitrogens with zero attached hydrogens (tertiary/aromatic N) is 2. The van der Waals surface area contributed by atoms with Crippen LogP contribution >= 0.6 is 0 Å². The molecule has 0 aliphatic carbocycles. The van der Waals surface area contributed by atoms with Gasteiger partial charge in [-0.3, -0.25) is 0 Å². The Balaban J connectivity index is 2.38. The van der Waals surface area contributed by atoms with Crippen molar-refractivity contribution in [2.45, 2.75) is 6.54 Å². The first-order chi connectivity index (χ1) is 8.24. The first-order valence-corrected chi connectivity index (χ1v) is 5.09. The highest BCUT2D eigenvalue weighted by Gasteiger charge is 2.07. The number of hydrogen-bond donors (Lipinski definition) is 1. The predicted octanol–water partition coefficient (Wildman–Crippen LogP) is 1.75. The Morgan fingerprint density at radius 3 is 2.53 bits per heavy atom. The molecule has 1 heterocycles. The third-order valence-corrected chi connectivity index (χ3v) is 2.39. The van der Waals surface area contributed by atoms with Crippen LogP contribution in [0.5, 0.6) is 6.01 Å². The SMILES string of the molecule is COc1ncc(-c2ccc(CN)cc2F)cn1. The lowest BCUT2D eigenvalue weighted by Crippen LogP contribution is -1.98. The predicted molar refractivity (Wildman–Crippen MR) is 61.9 cm³/mol. The molecule has 1 aromatic heterocycles. The lowest BCUT2D eigenvalue weighted by atomic mass is 10.1. The fourth-order valence-electron chi connectivity index (χ4n) is 1.48. The standard InChI is InChI=1S/C12H12FN3O/c1-17-12-15-6-9(7-16-12)10-3-2-8(5-14)4-11(10)13/h2-4,6-7H,5,14H2,1H3. The van der Waals surface area contributed by atoms with E-state index in [1.165, 1.54) is 25.6 Å². The van der Waals surface area contributed by atoms with Crippen molar-refractivity contribution in [3.63, 3.8) is 0 Å². The van der Waals surface area contributed by atoms with Crippen LogP contribution in [-0.4, -0.2) is 17.1 Å². The van der Waals surface area contributed by atoms with Crippen molar-refractivity contribution in [3.8, 4) is 17.1 Å². The van der Waals surface area contributed by atoms with Crippen molar-refractivity contribution in [1.82, 2.24) is 9.97 Å². The maximum atomic E-state index is 13.8. The van der Waals surface area contributed by atoms with Gasteiger partial charge in [-0.25, -0.2) is 14.4 Å². The molecule has 4 nitrogen and oxygen atoms in total. The van der Waals surface area contributed by atoms with E-state index in [1.807, 2.05) is 0 Å². The number of halogens is 1. The summed E-state index contributed by atoms with van der Waals surface area (Å²) in [6, 6.07) is 5.12. The molecule has 0 bridgehead atoms. The first-order valence-electron chi connectivity index (χ1n) is 5.09. The summed E-state index contributed by atoms with van der Waals surface area (Å²) in [5.41, 5.74) is 7.24. The van der Waals surface area contributed by atoms with E-state index in [0.717, 1.165) is 5.56 Å². The second kappa shape index (κ2) is 4.88.